The number of anilines is 1. The highest BCUT2D eigenvalue weighted by Gasteiger charge is 2.47. The zero-order valence-electron chi connectivity index (χ0n) is 23.9. The van der Waals surface area contributed by atoms with Gasteiger partial charge in [0.05, 0.1) is 24.8 Å². The fourth-order valence-electron chi connectivity index (χ4n) is 5.05. The Bertz CT molecular complexity index is 1590. The van der Waals surface area contributed by atoms with Crippen LogP contribution in [0.2, 0.25) is 0 Å². The van der Waals surface area contributed by atoms with Crippen LogP contribution in [0.3, 0.4) is 0 Å². The van der Waals surface area contributed by atoms with E-state index in [1.807, 2.05) is 63.2 Å². The molecule has 42 heavy (non-hydrogen) atoms. The molecule has 1 fully saturated rings. The highest BCUT2D eigenvalue weighted by atomic mass is 16.5. The first-order valence-electron chi connectivity index (χ1n) is 14.0. The van der Waals surface area contributed by atoms with Crippen molar-refractivity contribution in [3.05, 3.63) is 125 Å². The Balaban J connectivity index is 1.54. The average molecular weight is 564 g/mol. The first kappa shape index (κ1) is 28.5. The van der Waals surface area contributed by atoms with Crippen LogP contribution in [0.1, 0.15) is 42.1 Å². The van der Waals surface area contributed by atoms with Crippen LogP contribution in [-0.2, 0) is 16.2 Å². The summed E-state index contributed by atoms with van der Waals surface area (Å²) in [5, 5.41) is 11.6. The van der Waals surface area contributed by atoms with E-state index in [9.17, 15) is 14.7 Å². The number of aliphatic hydroxyl groups excluding tert-OH is 1. The van der Waals surface area contributed by atoms with Crippen molar-refractivity contribution >= 4 is 23.1 Å². The van der Waals surface area contributed by atoms with Gasteiger partial charge in [-0.25, -0.2) is 0 Å². The summed E-state index contributed by atoms with van der Waals surface area (Å²) in [5.41, 5.74) is 3.42. The Morgan fingerprint density at radius 2 is 1.40 bits per heavy atom. The Morgan fingerprint density at radius 3 is 2.00 bits per heavy atom. The van der Waals surface area contributed by atoms with Crippen LogP contribution < -0.4 is 19.1 Å². The van der Waals surface area contributed by atoms with Crippen LogP contribution in [0.5, 0.6) is 17.2 Å². The largest absolute Gasteiger partial charge is 0.507 e. The number of aliphatic hydroxyl groups is 1. The molecule has 1 N–H and O–H groups in total. The first-order valence-corrected chi connectivity index (χ1v) is 14.0. The Kier molecular flexibility index (Phi) is 8.58. The number of benzene rings is 4. The van der Waals surface area contributed by atoms with Gasteiger partial charge in [-0.2, -0.15) is 0 Å². The van der Waals surface area contributed by atoms with Crippen LogP contribution in [0.15, 0.2) is 103 Å². The third-order valence-electron chi connectivity index (χ3n) is 7.06. The van der Waals surface area contributed by atoms with Gasteiger partial charge in [0.2, 0.25) is 0 Å². The summed E-state index contributed by atoms with van der Waals surface area (Å²) in [7, 11) is 0. The standard InChI is InChI=1S/C35H33NO6/c1-4-40-28-16-11-25(12-17-28)32-31(34(38)35(39)36(32)27-14-18-29(19-15-27)41-5-2)33(37)26-13-20-30(23(3)21-26)42-22-24-9-7-6-8-10-24/h6-21,32,37H,4-5,22H2,1-3H3/b33-31-. The fourth-order valence-corrected chi connectivity index (χ4v) is 5.05. The Labute approximate surface area is 245 Å². The summed E-state index contributed by atoms with van der Waals surface area (Å²) in [6.07, 6.45) is 0. The van der Waals surface area contributed by atoms with Crippen molar-refractivity contribution in [1.29, 1.82) is 0 Å². The maximum atomic E-state index is 13.6. The van der Waals surface area contributed by atoms with E-state index in [1.165, 1.54) is 4.90 Å². The smallest absolute Gasteiger partial charge is 0.300 e. The number of Topliss-reactive ketones (excluding diaryl/α,β-unsaturated/α-hetero) is 1. The van der Waals surface area contributed by atoms with E-state index < -0.39 is 17.7 Å². The van der Waals surface area contributed by atoms with Crippen molar-refractivity contribution in [3.8, 4) is 17.2 Å². The number of carbonyl (C=O) groups is 2. The lowest BCUT2D eigenvalue weighted by molar-refractivity contribution is -0.132. The summed E-state index contributed by atoms with van der Waals surface area (Å²) < 4.78 is 17.1. The number of hydrogen-bond acceptors (Lipinski definition) is 6. The molecule has 214 valence electrons. The third-order valence-corrected chi connectivity index (χ3v) is 7.06. The number of ether oxygens (including phenoxy) is 3. The third kappa shape index (κ3) is 5.86. The van der Waals surface area contributed by atoms with Gasteiger partial charge in [-0.1, -0.05) is 42.5 Å². The molecule has 0 aliphatic carbocycles. The molecule has 1 heterocycles. The van der Waals surface area contributed by atoms with Crippen molar-refractivity contribution in [2.45, 2.75) is 33.4 Å². The van der Waals surface area contributed by atoms with Crippen LogP contribution in [0, 0.1) is 6.92 Å². The molecule has 0 saturated carbocycles. The summed E-state index contributed by atoms with van der Waals surface area (Å²) in [5.74, 6) is 0.245. The number of rotatable bonds is 10. The normalized spacial score (nSPS) is 16.0. The highest BCUT2D eigenvalue weighted by molar-refractivity contribution is 6.51. The first-order chi connectivity index (χ1) is 20.4. The Hall–Kier alpha value is -5.04. The summed E-state index contributed by atoms with van der Waals surface area (Å²) in [6, 6.07) is 28.4. The van der Waals surface area contributed by atoms with Crippen molar-refractivity contribution in [2.75, 3.05) is 18.1 Å². The molecule has 5 rings (SSSR count). The van der Waals surface area contributed by atoms with E-state index in [4.69, 9.17) is 14.2 Å². The van der Waals surface area contributed by atoms with Crippen LogP contribution in [-0.4, -0.2) is 30.0 Å². The minimum Gasteiger partial charge on any atom is -0.507 e. The van der Waals surface area contributed by atoms with Gasteiger partial charge in [0.15, 0.2) is 0 Å². The molecule has 1 aliphatic heterocycles. The number of amides is 1. The van der Waals surface area contributed by atoms with Gasteiger partial charge in [0, 0.05) is 11.3 Å². The lowest BCUT2D eigenvalue weighted by atomic mass is 9.94. The van der Waals surface area contributed by atoms with E-state index in [0.717, 1.165) is 11.1 Å². The number of aryl methyl sites for hydroxylation is 1. The van der Waals surface area contributed by atoms with Crippen LogP contribution in [0.4, 0.5) is 5.69 Å². The second-order valence-corrected chi connectivity index (χ2v) is 9.85. The monoisotopic (exact) mass is 563 g/mol. The predicted octanol–water partition coefficient (Wildman–Crippen LogP) is 7.00. The van der Waals surface area contributed by atoms with Gasteiger partial charge in [0.25, 0.3) is 11.7 Å². The second-order valence-electron chi connectivity index (χ2n) is 9.85. The number of ketones is 1. The summed E-state index contributed by atoms with van der Waals surface area (Å²) in [4.78, 5) is 28.5. The van der Waals surface area contributed by atoms with E-state index >= 15 is 0 Å². The van der Waals surface area contributed by atoms with Gasteiger partial charge >= 0.3 is 0 Å². The fraction of sp³-hybridized carbons (Fsp3) is 0.200. The maximum Gasteiger partial charge on any atom is 0.300 e. The molecule has 0 bridgehead atoms. The lowest BCUT2D eigenvalue weighted by Gasteiger charge is -2.26. The number of carbonyl (C=O) groups excluding carboxylic acids is 2. The molecule has 1 unspecified atom stereocenters. The minimum absolute atomic E-state index is 0.00963. The molecule has 1 amide bonds. The molecule has 7 nitrogen and oxygen atoms in total. The topological polar surface area (TPSA) is 85.3 Å². The molecular weight excluding hydrogens is 530 g/mol. The van der Waals surface area contributed by atoms with Crippen LogP contribution >= 0.6 is 0 Å². The van der Waals surface area contributed by atoms with E-state index in [-0.39, 0.29) is 11.3 Å². The van der Waals surface area contributed by atoms with Gasteiger partial charge in [-0.3, -0.25) is 14.5 Å². The molecule has 0 spiro atoms. The average Bonchev–Trinajstić information content (AvgIpc) is 3.27. The highest BCUT2D eigenvalue weighted by Crippen LogP contribution is 2.43. The van der Waals surface area contributed by atoms with Crippen molar-refractivity contribution < 1.29 is 28.9 Å². The lowest BCUT2D eigenvalue weighted by Crippen LogP contribution is -2.29. The van der Waals surface area contributed by atoms with Crippen molar-refractivity contribution in [3.63, 3.8) is 0 Å². The molecule has 1 saturated heterocycles. The minimum atomic E-state index is -0.854. The SMILES string of the molecule is CCOc1ccc(C2/C(=C(/O)c3ccc(OCc4ccccc4)c(C)c3)C(=O)C(=O)N2c2ccc(OCC)cc2)cc1. The zero-order chi connectivity index (χ0) is 29.6. The van der Waals surface area contributed by atoms with Gasteiger partial charge in [-0.05, 0) is 92.1 Å². The molecule has 1 atom stereocenters. The molecule has 0 radical (unpaired) electrons. The van der Waals surface area contributed by atoms with Gasteiger partial charge in [-0.15, -0.1) is 0 Å². The van der Waals surface area contributed by atoms with Gasteiger partial charge in [0.1, 0.15) is 29.6 Å². The predicted molar refractivity (Wildman–Crippen MR) is 162 cm³/mol. The molecular formula is C35H33NO6. The number of nitrogens with zero attached hydrogens (tertiary/aromatic N) is 1. The number of hydrogen-bond donors (Lipinski definition) is 1. The maximum absolute atomic E-state index is 13.6. The molecule has 4 aromatic carbocycles. The summed E-state index contributed by atoms with van der Waals surface area (Å²) in [6.45, 7) is 7.08. The summed E-state index contributed by atoms with van der Waals surface area (Å²) >= 11 is 0. The van der Waals surface area contributed by atoms with Crippen molar-refractivity contribution in [2.24, 2.45) is 0 Å². The molecule has 1 aliphatic rings. The van der Waals surface area contributed by atoms with E-state index in [2.05, 4.69) is 0 Å². The van der Waals surface area contributed by atoms with Crippen LogP contribution in [0.25, 0.3) is 5.76 Å². The molecule has 0 aromatic heterocycles. The quantitative estimate of drug-likeness (QED) is 0.127. The second kappa shape index (κ2) is 12.6. The Morgan fingerprint density at radius 1 is 0.786 bits per heavy atom. The molecule has 4 aromatic rings. The van der Waals surface area contributed by atoms with E-state index in [1.54, 1.807) is 54.6 Å². The molecule has 7 heteroatoms. The van der Waals surface area contributed by atoms with E-state index in [0.29, 0.717) is 53.9 Å². The van der Waals surface area contributed by atoms with Gasteiger partial charge < -0.3 is 19.3 Å². The van der Waals surface area contributed by atoms with Crippen molar-refractivity contribution in [1.82, 2.24) is 0 Å². The zero-order valence-corrected chi connectivity index (χ0v) is 23.9.